The lowest BCUT2D eigenvalue weighted by atomic mass is 10.1. The largest absolute Gasteiger partial charge is 0.496 e. The number of nitrogens with two attached hydrogens (primary N) is 1. The van der Waals surface area contributed by atoms with E-state index in [0.717, 1.165) is 21.9 Å². The van der Waals surface area contributed by atoms with E-state index >= 15 is 0 Å². The first-order valence-corrected chi connectivity index (χ1v) is 4.77. The monoisotopic (exact) mass is 211 g/mol. The van der Waals surface area contributed by atoms with Crippen LogP contribution in [-0.2, 0) is 0 Å². The van der Waals surface area contributed by atoms with Crippen molar-refractivity contribution in [2.75, 3.05) is 13.7 Å². The van der Waals surface area contributed by atoms with Crippen molar-refractivity contribution < 1.29 is 4.74 Å². The smallest absolute Gasteiger partial charge is 0.126 e. The highest BCUT2D eigenvalue weighted by molar-refractivity contribution is 6.31. The van der Waals surface area contributed by atoms with Gasteiger partial charge in [0.25, 0.3) is 0 Å². The summed E-state index contributed by atoms with van der Waals surface area (Å²) in [5, 5.41) is 0.738. The van der Waals surface area contributed by atoms with E-state index in [9.17, 15) is 0 Å². The molecule has 2 N–H and O–H groups in total. The predicted octanol–water partition coefficient (Wildman–Crippen LogP) is 2.63. The molecule has 14 heavy (non-hydrogen) atoms. The zero-order chi connectivity index (χ0) is 10.6. The molecule has 1 aromatic rings. The number of hydrogen-bond donors (Lipinski definition) is 1. The number of halogens is 1. The molecule has 1 rings (SSSR count). The molecule has 0 atom stereocenters. The molecule has 0 radical (unpaired) electrons. The molecule has 0 heterocycles. The predicted molar refractivity (Wildman–Crippen MR) is 60.8 cm³/mol. The van der Waals surface area contributed by atoms with Crippen LogP contribution in [0, 0.1) is 6.92 Å². The maximum atomic E-state index is 6.00. The zero-order valence-corrected chi connectivity index (χ0v) is 9.14. The molecule has 1 aromatic carbocycles. The first-order chi connectivity index (χ1) is 6.69. The third-order valence-electron chi connectivity index (χ3n) is 1.94. The molecule has 76 valence electrons. The quantitative estimate of drug-likeness (QED) is 0.834. The standard InChI is InChI=1S/C11H14ClNO/c1-8-6-11(14-2)9(4-3-5-13)7-10(8)12/h3-4,6-7H,5,13H2,1-2H3/b4-3+. The number of rotatable bonds is 3. The number of methoxy groups -OCH3 is 1. The highest BCUT2D eigenvalue weighted by atomic mass is 35.5. The lowest BCUT2D eigenvalue weighted by Gasteiger charge is -2.07. The summed E-state index contributed by atoms with van der Waals surface area (Å²) in [5.41, 5.74) is 7.34. The fourth-order valence-electron chi connectivity index (χ4n) is 1.17. The van der Waals surface area contributed by atoms with E-state index in [1.165, 1.54) is 0 Å². The van der Waals surface area contributed by atoms with Gasteiger partial charge in [0.2, 0.25) is 0 Å². The van der Waals surface area contributed by atoms with Gasteiger partial charge in [0.15, 0.2) is 0 Å². The first kappa shape index (κ1) is 11.1. The van der Waals surface area contributed by atoms with E-state index in [-0.39, 0.29) is 0 Å². The van der Waals surface area contributed by atoms with Crippen LogP contribution in [0.15, 0.2) is 18.2 Å². The summed E-state index contributed by atoms with van der Waals surface area (Å²) in [6.07, 6.45) is 3.77. The van der Waals surface area contributed by atoms with Crippen molar-refractivity contribution in [1.29, 1.82) is 0 Å². The van der Waals surface area contributed by atoms with Crippen LogP contribution in [0.3, 0.4) is 0 Å². The summed E-state index contributed by atoms with van der Waals surface area (Å²) < 4.78 is 5.23. The molecule has 0 spiro atoms. The Balaban J connectivity index is 3.13. The average molecular weight is 212 g/mol. The second kappa shape index (κ2) is 5.03. The van der Waals surface area contributed by atoms with E-state index in [1.54, 1.807) is 7.11 Å². The Morgan fingerprint density at radius 1 is 1.50 bits per heavy atom. The van der Waals surface area contributed by atoms with E-state index < -0.39 is 0 Å². The molecular weight excluding hydrogens is 198 g/mol. The third kappa shape index (κ3) is 2.50. The molecule has 0 aliphatic rings. The topological polar surface area (TPSA) is 35.2 Å². The van der Waals surface area contributed by atoms with E-state index in [4.69, 9.17) is 22.1 Å². The van der Waals surface area contributed by atoms with Crippen molar-refractivity contribution in [2.24, 2.45) is 5.73 Å². The van der Waals surface area contributed by atoms with Gasteiger partial charge in [-0.3, -0.25) is 0 Å². The van der Waals surface area contributed by atoms with Crippen LogP contribution in [0.2, 0.25) is 5.02 Å². The van der Waals surface area contributed by atoms with Crippen LogP contribution in [0.4, 0.5) is 0 Å². The summed E-state index contributed by atoms with van der Waals surface area (Å²) in [6, 6.07) is 3.79. The SMILES string of the molecule is COc1cc(C)c(Cl)cc1/C=C/CN. The highest BCUT2D eigenvalue weighted by Gasteiger charge is 2.03. The Morgan fingerprint density at radius 3 is 2.79 bits per heavy atom. The minimum atomic E-state index is 0.509. The molecule has 0 bridgehead atoms. The maximum absolute atomic E-state index is 6.00. The molecule has 0 fully saturated rings. The lowest BCUT2D eigenvalue weighted by molar-refractivity contribution is 0.413. The summed E-state index contributed by atoms with van der Waals surface area (Å²) in [7, 11) is 1.64. The minimum absolute atomic E-state index is 0.509. The van der Waals surface area contributed by atoms with Gasteiger partial charge in [-0.1, -0.05) is 23.8 Å². The molecule has 0 amide bonds. The minimum Gasteiger partial charge on any atom is -0.496 e. The number of benzene rings is 1. The van der Waals surface area contributed by atoms with Crippen molar-refractivity contribution in [3.63, 3.8) is 0 Å². The van der Waals surface area contributed by atoms with Gasteiger partial charge < -0.3 is 10.5 Å². The van der Waals surface area contributed by atoms with Crippen molar-refractivity contribution >= 4 is 17.7 Å². The summed E-state index contributed by atoms with van der Waals surface area (Å²) in [4.78, 5) is 0. The van der Waals surface area contributed by atoms with E-state index in [1.807, 2.05) is 31.2 Å². The molecular formula is C11H14ClNO. The summed E-state index contributed by atoms with van der Waals surface area (Å²) in [5.74, 6) is 0.816. The van der Waals surface area contributed by atoms with Crippen molar-refractivity contribution in [3.05, 3.63) is 34.4 Å². The molecule has 0 saturated carbocycles. The Bertz CT molecular complexity index is 347. The Kier molecular flexibility index (Phi) is 3.98. The van der Waals surface area contributed by atoms with Gasteiger partial charge in [-0.2, -0.15) is 0 Å². The van der Waals surface area contributed by atoms with Crippen LogP contribution in [0.5, 0.6) is 5.75 Å². The molecule has 2 nitrogen and oxygen atoms in total. The van der Waals surface area contributed by atoms with Crippen LogP contribution in [0.25, 0.3) is 6.08 Å². The highest BCUT2D eigenvalue weighted by Crippen LogP contribution is 2.27. The molecule has 0 unspecified atom stereocenters. The van der Waals surface area contributed by atoms with Gasteiger partial charge in [-0.25, -0.2) is 0 Å². The molecule has 3 heteroatoms. The normalized spacial score (nSPS) is 10.9. The Morgan fingerprint density at radius 2 is 2.21 bits per heavy atom. The van der Waals surface area contributed by atoms with Gasteiger partial charge in [0.1, 0.15) is 5.75 Å². The second-order valence-electron chi connectivity index (χ2n) is 2.98. The van der Waals surface area contributed by atoms with E-state index in [2.05, 4.69) is 0 Å². The van der Waals surface area contributed by atoms with Gasteiger partial charge in [-0.05, 0) is 24.6 Å². The number of hydrogen-bond acceptors (Lipinski definition) is 2. The van der Waals surface area contributed by atoms with Crippen molar-refractivity contribution in [3.8, 4) is 5.75 Å². The van der Waals surface area contributed by atoms with E-state index in [0.29, 0.717) is 6.54 Å². The number of aryl methyl sites for hydroxylation is 1. The lowest BCUT2D eigenvalue weighted by Crippen LogP contribution is -1.93. The van der Waals surface area contributed by atoms with Crippen molar-refractivity contribution in [1.82, 2.24) is 0 Å². The van der Waals surface area contributed by atoms with Crippen LogP contribution in [0.1, 0.15) is 11.1 Å². The Labute approximate surface area is 89.3 Å². The van der Waals surface area contributed by atoms with Gasteiger partial charge in [0, 0.05) is 17.1 Å². The van der Waals surface area contributed by atoms with Crippen LogP contribution < -0.4 is 10.5 Å². The second-order valence-corrected chi connectivity index (χ2v) is 3.39. The average Bonchev–Trinajstić information content (AvgIpc) is 2.19. The summed E-state index contributed by atoms with van der Waals surface area (Å²) >= 11 is 6.00. The van der Waals surface area contributed by atoms with Crippen LogP contribution >= 0.6 is 11.6 Å². The number of ether oxygens (including phenoxy) is 1. The van der Waals surface area contributed by atoms with Gasteiger partial charge in [-0.15, -0.1) is 0 Å². The fraction of sp³-hybridized carbons (Fsp3) is 0.273. The van der Waals surface area contributed by atoms with Crippen LogP contribution in [-0.4, -0.2) is 13.7 Å². The molecule has 0 aliphatic heterocycles. The zero-order valence-electron chi connectivity index (χ0n) is 8.38. The van der Waals surface area contributed by atoms with Crippen molar-refractivity contribution in [2.45, 2.75) is 6.92 Å². The van der Waals surface area contributed by atoms with Gasteiger partial charge >= 0.3 is 0 Å². The molecule has 0 aliphatic carbocycles. The van der Waals surface area contributed by atoms with Gasteiger partial charge in [0.05, 0.1) is 7.11 Å². The molecule has 0 saturated heterocycles. The maximum Gasteiger partial charge on any atom is 0.126 e. The Hall–Kier alpha value is -0.990. The fourth-order valence-corrected chi connectivity index (χ4v) is 1.34. The first-order valence-electron chi connectivity index (χ1n) is 4.39. The molecule has 0 aromatic heterocycles. The summed E-state index contributed by atoms with van der Waals surface area (Å²) in [6.45, 7) is 2.45. The third-order valence-corrected chi connectivity index (χ3v) is 2.35.